The molecule has 0 atom stereocenters. The monoisotopic (exact) mass is 307 g/mol. The van der Waals surface area contributed by atoms with Crippen LogP contribution in [0.2, 0.25) is 0 Å². The molecule has 0 unspecified atom stereocenters. The van der Waals surface area contributed by atoms with Gasteiger partial charge in [0.15, 0.2) is 0 Å². The Morgan fingerprint density at radius 3 is 2.24 bits per heavy atom. The predicted molar refractivity (Wildman–Crippen MR) is 66.5 cm³/mol. The largest absolute Gasteiger partial charge is 0.471 e. The number of hydrogen-bond donors (Lipinski definition) is 1. The Morgan fingerprint density at radius 1 is 1.24 bits per heavy atom. The highest BCUT2D eigenvalue weighted by atomic mass is 19.4. The third-order valence-electron chi connectivity index (χ3n) is 2.50. The van der Waals surface area contributed by atoms with Gasteiger partial charge < -0.3 is 10.2 Å². The van der Waals surface area contributed by atoms with E-state index in [-0.39, 0.29) is 6.54 Å². The first-order valence-corrected chi connectivity index (χ1v) is 6.10. The van der Waals surface area contributed by atoms with Crippen LogP contribution in [0.25, 0.3) is 0 Å². The SMILES string of the molecule is CC(C)(C)NC(=O)C1=CN(C=O)CCN1C(=O)C(F)(F)F. The number of nitrogens with zero attached hydrogens (tertiary/aromatic N) is 2. The summed E-state index contributed by atoms with van der Waals surface area (Å²) in [4.78, 5) is 35.5. The summed E-state index contributed by atoms with van der Waals surface area (Å²) in [6, 6.07) is 0. The second-order valence-corrected chi connectivity index (χ2v) is 5.52. The molecule has 0 fully saturated rings. The first-order chi connectivity index (χ1) is 9.45. The van der Waals surface area contributed by atoms with Crippen molar-refractivity contribution >= 4 is 18.2 Å². The van der Waals surface area contributed by atoms with Crippen LogP contribution < -0.4 is 5.32 Å². The van der Waals surface area contributed by atoms with Crippen molar-refractivity contribution in [2.75, 3.05) is 13.1 Å². The van der Waals surface area contributed by atoms with Crippen LogP contribution in [0.3, 0.4) is 0 Å². The molecule has 0 aliphatic carbocycles. The Labute approximate surface area is 119 Å². The van der Waals surface area contributed by atoms with Gasteiger partial charge in [0.2, 0.25) is 6.41 Å². The van der Waals surface area contributed by atoms with Crippen molar-refractivity contribution in [3.05, 3.63) is 11.9 Å². The molecule has 0 radical (unpaired) electrons. The minimum Gasteiger partial charge on any atom is -0.346 e. The van der Waals surface area contributed by atoms with E-state index < -0.39 is 35.8 Å². The Hall–Kier alpha value is -2.06. The summed E-state index contributed by atoms with van der Waals surface area (Å²) in [5.74, 6) is -2.99. The second kappa shape index (κ2) is 5.74. The minimum atomic E-state index is -5.09. The lowest BCUT2D eigenvalue weighted by atomic mass is 10.1. The number of carbonyl (C=O) groups excluding carboxylic acids is 3. The fourth-order valence-electron chi connectivity index (χ4n) is 1.66. The average molecular weight is 307 g/mol. The van der Waals surface area contributed by atoms with Crippen LogP contribution in [0.5, 0.6) is 0 Å². The van der Waals surface area contributed by atoms with Gasteiger partial charge in [-0.1, -0.05) is 0 Å². The Bertz CT molecular complexity index is 480. The molecule has 1 N–H and O–H groups in total. The smallest absolute Gasteiger partial charge is 0.346 e. The number of hydrogen-bond acceptors (Lipinski definition) is 3. The summed E-state index contributed by atoms with van der Waals surface area (Å²) in [5, 5.41) is 2.46. The number of alkyl halides is 3. The van der Waals surface area contributed by atoms with E-state index in [0.717, 1.165) is 11.1 Å². The Morgan fingerprint density at radius 2 is 1.81 bits per heavy atom. The van der Waals surface area contributed by atoms with Crippen molar-refractivity contribution in [3.8, 4) is 0 Å². The molecule has 9 heteroatoms. The molecule has 0 aromatic rings. The summed E-state index contributed by atoms with van der Waals surface area (Å²) >= 11 is 0. The number of halogens is 3. The molecular formula is C12H16F3N3O3. The van der Waals surface area contributed by atoms with Gasteiger partial charge in [0.25, 0.3) is 5.91 Å². The van der Waals surface area contributed by atoms with Crippen molar-refractivity contribution in [1.29, 1.82) is 0 Å². The zero-order valence-corrected chi connectivity index (χ0v) is 11.8. The number of nitrogens with one attached hydrogen (secondary N) is 1. The Balaban J connectivity index is 3.11. The normalized spacial score (nSPS) is 16.4. The molecule has 1 aliphatic rings. The lowest BCUT2D eigenvalue weighted by molar-refractivity contribution is -0.184. The molecule has 1 heterocycles. The van der Waals surface area contributed by atoms with Crippen LogP contribution in [0, 0.1) is 0 Å². The summed E-state index contributed by atoms with van der Waals surface area (Å²) < 4.78 is 37.7. The molecule has 0 spiro atoms. The maximum atomic E-state index is 12.6. The molecular weight excluding hydrogens is 291 g/mol. The third-order valence-corrected chi connectivity index (χ3v) is 2.50. The zero-order valence-electron chi connectivity index (χ0n) is 11.8. The van der Waals surface area contributed by atoms with Crippen LogP contribution in [-0.2, 0) is 14.4 Å². The topological polar surface area (TPSA) is 69.7 Å². The van der Waals surface area contributed by atoms with Crippen LogP contribution >= 0.6 is 0 Å². The lowest BCUT2D eigenvalue weighted by Crippen LogP contribution is -2.52. The van der Waals surface area contributed by atoms with Crippen molar-refractivity contribution in [2.45, 2.75) is 32.5 Å². The van der Waals surface area contributed by atoms with Gasteiger partial charge in [0.05, 0.1) is 0 Å². The summed E-state index contributed by atoms with van der Waals surface area (Å²) in [5.41, 5.74) is -1.21. The van der Waals surface area contributed by atoms with E-state index in [0.29, 0.717) is 11.3 Å². The fraction of sp³-hybridized carbons (Fsp3) is 0.583. The summed E-state index contributed by atoms with van der Waals surface area (Å²) in [6.45, 7) is 4.41. The molecule has 0 saturated carbocycles. The summed E-state index contributed by atoms with van der Waals surface area (Å²) in [7, 11) is 0. The average Bonchev–Trinajstić information content (AvgIpc) is 2.34. The van der Waals surface area contributed by atoms with Crippen molar-refractivity contribution in [2.24, 2.45) is 0 Å². The van der Waals surface area contributed by atoms with E-state index in [1.165, 1.54) is 0 Å². The lowest BCUT2D eigenvalue weighted by Gasteiger charge is -2.33. The van der Waals surface area contributed by atoms with E-state index in [1.54, 1.807) is 20.8 Å². The highest BCUT2D eigenvalue weighted by molar-refractivity contribution is 5.99. The highest BCUT2D eigenvalue weighted by Crippen LogP contribution is 2.23. The fourth-order valence-corrected chi connectivity index (χ4v) is 1.66. The van der Waals surface area contributed by atoms with E-state index >= 15 is 0 Å². The molecule has 0 aromatic carbocycles. The number of carbonyl (C=O) groups is 3. The third kappa shape index (κ3) is 4.47. The molecule has 1 aliphatic heterocycles. The molecule has 1 rings (SSSR count). The minimum absolute atomic E-state index is 0.113. The van der Waals surface area contributed by atoms with Gasteiger partial charge in [-0.15, -0.1) is 0 Å². The van der Waals surface area contributed by atoms with Crippen molar-refractivity contribution < 1.29 is 27.6 Å². The second-order valence-electron chi connectivity index (χ2n) is 5.52. The van der Waals surface area contributed by atoms with Gasteiger partial charge in [0, 0.05) is 24.8 Å². The standard InChI is InChI=1S/C12H16F3N3O3/c1-11(2,3)16-9(20)8-6-17(7-19)4-5-18(8)10(21)12(13,14)15/h6-7H,4-5H2,1-3H3,(H,16,20). The van der Waals surface area contributed by atoms with Gasteiger partial charge in [-0.3, -0.25) is 19.3 Å². The molecule has 0 aromatic heterocycles. The first kappa shape index (κ1) is 17.0. The predicted octanol–water partition coefficient (Wildman–Crippen LogP) is 0.605. The van der Waals surface area contributed by atoms with Crippen LogP contribution in [0.15, 0.2) is 11.9 Å². The highest BCUT2D eigenvalue weighted by Gasteiger charge is 2.45. The number of rotatable bonds is 2. The van der Waals surface area contributed by atoms with Crippen LogP contribution in [0.4, 0.5) is 13.2 Å². The Kier molecular flexibility index (Phi) is 4.65. The van der Waals surface area contributed by atoms with E-state index in [2.05, 4.69) is 5.32 Å². The molecule has 118 valence electrons. The van der Waals surface area contributed by atoms with Crippen LogP contribution in [0.1, 0.15) is 20.8 Å². The van der Waals surface area contributed by atoms with E-state index in [9.17, 15) is 27.6 Å². The number of amides is 3. The van der Waals surface area contributed by atoms with Gasteiger partial charge in [-0.2, -0.15) is 13.2 Å². The maximum Gasteiger partial charge on any atom is 0.471 e. The zero-order chi connectivity index (χ0) is 16.4. The maximum absolute atomic E-state index is 12.6. The van der Waals surface area contributed by atoms with Crippen LogP contribution in [-0.4, -0.2) is 52.8 Å². The van der Waals surface area contributed by atoms with Crippen molar-refractivity contribution in [3.63, 3.8) is 0 Å². The first-order valence-electron chi connectivity index (χ1n) is 6.10. The van der Waals surface area contributed by atoms with E-state index in [1.807, 2.05) is 0 Å². The van der Waals surface area contributed by atoms with Gasteiger partial charge in [-0.25, -0.2) is 0 Å². The summed E-state index contributed by atoms with van der Waals surface area (Å²) in [6.07, 6.45) is -3.79. The van der Waals surface area contributed by atoms with Gasteiger partial charge in [0.1, 0.15) is 5.70 Å². The quantitative estimate of drug-likeness (QED) is 0.760. The van der Waals surface area contributed by atoms with Gasteiger partial charge >= 0.3 is 12.1 Å². The molecule has 3 amide bonds. The molecule has 6 nitrogen and oxygen atoms in total. The van der Waals surface area contributed by atoms with Crippen molar-refractivity contribution in [1.82, 2.24) is 15.1 Å². The van der Waals surface area contributed by atoms with E-state index in [4.69, 9.17) is 0 Å². The molecule has 0 bridgehead atoms. The van der Waals surface area contributed by atoms with Gasteiger partial charge in [-0.05, 0) is 20.8 Å². The molecule has 0 saturated heterocycles. The molecule has 21 heavy (non-hydrogen) atoms.